The predicted molar refractivity (Wildman–Crippen MR) is 83.7 cm³/mol. The summed E-state index contributed by atoms with van der Waals surface area (Å²) in [6.07, 6.45) is 4.71. The molecule has 4 heteroatoms. The first-order chi connectivity index (χ1) is 10.2. The zero-order valence-corrected chi connectivity index (χ0v) is 12.9. The lowest BCUT2D eigenvalue weighted by atomic mass is 10.0. The summed E-state index contributed by atoms with van der Waals surface area (Å²) in [6.45, 7) is 6.11. The van der Waals surface area contributed by atoms with Crippen LogP contribution in [0, 0.1) is 5.82 Å². The molecule has 0 bridgehead atoms. The minimum atomic E-state index is -0.210. The molecule has 1 aliphatic rings. The average molecular weight is 294 g/mol. The quantitative estimate of drug-likeness (QED) is 0.840. The molecule has 0 amide bonds. The summed E-state index contributed by atoms with van der Waals surface area (Å²) in [5, 5.41) is 0. The van der Waals surface area contributed by atoms with Crippen molar-refractivity contribution in [2.45, 2.75) is 44.8 Å². The number of rotatable bonds is 7. The molecule has 1 heterocycles. The molecule has 1 fully saturated rings. The van der Waals surface area contributed by atoms with Gasteiger partial charge >= 0.3 is 0 Å². The van der Waals surface area contributed by atoms with Crippen LogP contribution in [0.15, 0.2) is 24.3 Å². The Hall–Kier alpha value is -0.970. The Morgan fingerprint density at radius 1 is 1.38 bits per heavy atom. The minimum Gasteiger partial charge on any atom is -0.377 e. The number of halogens is 1. The zero-order valence-electron chi connectivity index (χ0n) is 12.9. The fourth-order valence-corrected chi connectivity index (χ4v) is 2.84. The topological polar surface area (TPSA) is 38.5 Å². The first-order valence-electron chi connectivity index (χ1n) is 8.04. The molecular formula is C17H27FN2O. The van der Waals surface area contributed by atoms with E-state index in [1.54, 1.807) is 12.1 Å². The van der Waals surface area contributed by atoms with Crippen LogP contribution in [0.3, 0.4) is 0 Å². The van der Waals surface area contributed by atoms with E-state index in [1.165, 1.54) is 25.0 Å². The van der Waals surface area contributed by atoms with Crippen LogP contribution >= 0.6 is 0 Å². The molecule has 2 atom stereocenters. The Labute approximate surface area is 127 Å². The van der Waals surface area contributed by atoms with Gasteiger partial charge in [-0.1, -0.05) is 19.1 Å². The van der Waals surface area contributed by atoms with Crippen LogP contribution in [-0.4, -0.2) is 37.2 Å². The fourth-order valence-electron chi connectivity index (χ4n) is 2.84. The molecule has 0 spiro atoms. The summed E-state index contributed by atoms with van der Waals surface area (Å²) in [6, 6.07) is 6.49. The lowest BCUT2D eigenvalue weighted by Gasteiger charge is -2.33. The molecule has 1 aromatic rings. The number of benzene rings is 1. The standard InChI is InChI=1S/C17H27FN2O/c1-2-12-21-16-4-3-10-20(13-16)11-9-17(19)14-5-7-15(18)8-6-14/h5-8,16-17H,2-4,9-13,19H2,1H3. The maximum absolute atomic E-state index is 12.9. The Morgan fingerprint density at radius 2 is 2.14 bits per heavy atom. The van der Waals surface area contributed by atoms with E-state index in [0.29, 0.717) is 6.10 Å². The summed E-state index contributed by atoms with van der Waals surface area (Å²) in [5.74, 6) is -0.210. The molecule has 2 rings (SSSR count). The van der Waals surface area contributed by atoms with Crippen molar-refractivity contribution in [3.8, 4) is 0 Å². The summed E-state index contributed by atoms with van der Waals surface area (Å²) < 4.78 is 18.8. The van der Waals surface area contributed by atoms with Gasteiger partial charge in [-0.15, -0.1) is 0 Å². The van der Waals surface area contributed by atoms with Crippen LogP contribution in [0.5, 0.6) is 0 Å². The molecule has 2 unspecified atom stereocenters. The van der Waals surface area contributed by atoms with E-state index in [0.717, 1.165) is 44.6 Å². The number of nitrogens with two attached hydrogens (primary N) is 1. The second kappa shape index (κ2) is 8.47. The highest BCUT2D eigenvalue weighted by Crippen LogP contribution is 2.18. The molecule has 1 aromatic carbocycles. The van der Waals surface area contributed by atoms with Gasteiger partial charge in [-0.05, 0) is 49.9 Å². The molecule has 0 radical (unpaired) electrons. The van der Waals surface area contributed by atoms with Gasteiger partial charge < -0.3 is 15.4 Å². The third-order valence-corrected chi connectivity index (χ3v) is 4.07. The lowest BCUT2D eigenvalue weighted by molar-refractivity contribution is -0.000626. The van der Waals surface area contributed by atoms with Crippen molar-refractivity contribution in [3.05, 3.63) is 35.6 Å². The summed E-state index contributed by atoms with van der Waals surface area (Å²) in [7, 11) is 0. The van der Waals surface area contributed by atoms with Crippen molar-refractivity contribution in [3.63, 3.8) is 0 Å². The maximum Gasteiger partial charge on any atom is 0.123 e. The van der Waals surface area contributed by atoms with Gasteiger partial charge in [0, 0.05) is 25.7 Å². The van der Waals surface area contributed by atoms with Crippen molar-refractivity contribution < 1.29 is 9.13 Å². The number of likely N-dealkylation sites (tertiary alicyclic amines) is 1. The summed E-state index contributed by atoms with van der Waals surface area (Å²) in [5.41, 5.74) is 7.20. The molecular weight excluding hydrogens is 267 g/mol. The van der Waals surface area contributed by atoms with E-state index in [4.69, 9.17) is 10.5 Å². The Kier molecular flexibility index (Phi) is 6.61. The van der Waals surface area contributed by atoms with Crippen LogP contribution in [-0.2, 0) is 4.74 Å². The van der Waals surface area contributed by atoms with E-state index < -0.39 is 0 Å². The van der Waals surface area contributed by atoms with Gasteiger partial charge in [-0.2, -0.15) is 0 Å². The largest absolute Gasteiger partial charge is 0.377 e. The van der Waals surface area contributed by atoms with Gasteiger partial charge in [0.05, 0.1) is 6.10 Å². The van der Waals surface area contributed by atoms with Gasteiger partial charge in [0.2, 0.25) is 0 Å². The summed E-state index contributed by atoms with van der Waals surface area (Å²) in [4.78, 5) is 2.44. The van der Waals surface area contributed by atoms with E-state index in [2.05, 4.69) is 11.8 Å². The first-order valence-corrected chi connectivity index (χ1v) is 8.04. The Morgan fingerprint density at radius 3 is 2.86 bits per heavy atom. The highest BCUT2D eigenvalue weighted by molar-refractivity contribution is 5.19. The van der Waals surface area contributed by atoms with Crippen LogP contribution in [0.1, 0.15) is 44.2 Å². The normalized spacial score (nSPS) is 21.4. The number of nitrogens with zero attached hydrogens (tertiary/aromatic N) is 1. The third-order valence-electron chi connectivity index (χ3n) is 4.07. The molecule has 2 N–H and O–H groups in total. The van der Waals surface area contributed by atoms with Gasteiger partial charge in [-0.3, -0.25) is 0 Å². The van der Waals surface area contributed by atoms with Crippen molar-refractivity contribution in [1.82, 2.24) is 4.90 Å². The molecule has 1 saturated heterocycles. The fraction of sp³-hybridized carbons (Fsp3) is 0.647. The molecule has 0 aromatic heterocycles. The zero-order chi connectivity index (χ0) is 15.1. The van der Waals surface area contributed by atoms with Gasteiger partial charge in [0.1, 0.15) is 5.82 Å². The Balaban J connectivity index is 1.75. The first kappa shape index (κ1) is 16.4. The van der Waals surface area contributed by atoms with E-state index in [1.807, 2.05) is 0 Å². The SMILES string of the molecule is CCCOC1CCCN(CCC(N)c2ccc(F)cc2)C1. The van der Waals surface area contributed by atoms with Crippen LogP contribution in [0.25, 0.3) is 0 Å². The van der Waals surface area contributed by atoms with Gasteiger partial charge in [0.25, 0.3) is 0 Å². The molecule has 0 aliphatic carbocycles. The van der Waals surface area contributed by atoms with Crippen LogP contribution < -0.4 is 5.73 Å². The molecule has 21 heavy (non-hydrogen) atoms. The molecule has 1 aliphatic heterocycles. The number of hydrogen-bond acceptors (Lipinski definition) is 3. The molecule has 3 nitrogen and oxygen atoms in total. The molecule has 0 saturated carbocycles. The minimum absolute atomic E-state index is 0.0254. The van der Waals surface area contributed by atoms with Crippen LogP contribution in [0.4, 0.5) is 4.39 Å². The van der Waals surface area contributed by atoms with Crippen molar-refractivity contribution in [2.24, 2.45) is 5.73 Å². The van der Waals surface area contributed by atoms with Crippen molar-refractivity contribution in [2.75, 3.05) is 26.2 Å². The highest BCUT2D eigenvalue weighted by Gasteiger charge is 2.20. The second-order valence-electron chi connectivity index (χ2n) is 5.88. The number of piperidine rings is 1. The highest BCUT2D eigenvalue weighted by atomic mass is 19.1. The van der Waals surface area contributed by atoms with Crippen molar-refractivity contribution >= 4 is 0 Å². The van der Waals surface area contributed by atoms with E-state index >= 15 is 0 Å². The van der Waals surface area contributed by atoms with E-state index in [-0.39, 0.29) is 11.9 Å². The third kappa shape index (κ3) is 5.38. The lowest BCUT2D eigenvalue weighted by Crippen LogP contribution is -2.40. The predicted octanol–water partition coefficient (Wildman–Crippen LogP) is 3.11. The summed E-state index contributed by atoms with van der Waals surface area (Å²) >= 11 is 0. The smallest absolute Gasteiger partial charge is 0.123 e. The van der Waals surface area contributed by atoms with E-state index in [9.17, 15) is 4.39 Å². The maximum atomic E-state index is 12.9. The van der Waals surface area contributed by atoms with Crippen LogP contribution in [0.2, 0.25) is 0 Å². The van der Waals surface area contributed by atoms with Gasteiger partial charge in [-0.25, -0.2) is 4.39 Å². The number of hydrogen-bond donors (Lipinski definition) is 1. The molecule has 118 valence electrons. The van der Waals surface area contributed by atoms with Crippen molar-refractivity contribution in [1.29, 1.82) is 0 Å². The Bertz CT molecular complexity index is 410. The monoisotopic (exact) mass is 294 g/mol. The second-order valence-corrected chi connectivity index (χ2v) is 5.88. The van der Waals surface area contributed by atoms with Gasteiger partial charge in [0.15, 0.2) is 0 Å². The number of ether oxygens (including phenoxy) is 1. The average Bonchev–Trinajstić information content (AvgIpc) is 2.52.